The summed E-state index contributed by atoms with van der Waals surface area (Å²) in [6, 6.07) is 14.0. The lowest BCUT2D eigenvalue weighted by Crippen LogP contribution is -2.10. The molecular formula is C18H15F3N4. The van der Waals surface area contributed by atoms with Crippen molar-refractivity contribution < 1.29 is 13.2 Å². The Hall–Kier alpha value is -2.93. The Morgan fingerprint density at radius 3 is 2.20 bits per heavy atom. The highest BCUT2D eigenvalue weighted by Crippen LogP contribution is 2.34. The smallest absolute Gasteiger partial charge is 0.383 e. The SMILES string of the molecule is NCc1c(N)nc(-c2ccccc2)nc1-c1cccc(C(F)(F)F)c1. The van der Waals surface area contributed by atoms with Gasteiger partial charge in [0.25, 0.3) is 0 Å². The Morgan fingerprint density at radius 1 is 0.880 bits per heavy atom. The van der Waals surface area contributed by atoms with Crippen LogP contribution in [-0.2, 0) is 12.7 Å². The van der Waals surface area contributed by atoms with E-state index >= 15 is 0 Å². The monoisotopic (exact) mass is 344 g/mol. The summed E-state index contributed by atoms with van der Waals surface area (Å²) in [5.74, 6) is 0.492. The molecule has 0 unspecified atom stereocenters. The third-order valence-electron chi connectivity index (χ3n) is 3.74. The maximum absolute atomic E-state index is 13.0. The standard InChI is InChI=1S/C18H15F3N4/c19-18(20,21)13-8-4-7-12(9-13)15-14(10-22)16(23)25-17(24-15)11-5-2-1-3-6-11/h1-9H,10,22H2,(H2,23,24,25). The minimum atomic E-state index is -4.44. The Bertz CT molecular complexity index is 893. The highest BCUT2D eigenvalue weighted by molar-refractivity contribution is 5.72. The highest BCUT2D eigenvalue weighted by Gasteiger charge is 2.30. The second-order valence-electron chi connectivity index (χ2n) is 5.41. The normalized spacial score (nSPS) is 11.5. The van der Waals surface area contributed by atoms with Crippen molar-refractivity contribution in [2.45, 2.75) is 12.7 Å². The summed E-state index contributed by atoms with van der Waals surface area (Å²) in [5.41, 5.74) is 12.7. The van der Waals surface area contributed by atoms with Crippen LogP contribution in [0.1, 0.15) is 11.1 Å². The lowest BCUT2D eigenvalue weighted by Gasteiger charge is -2.14. The van der Waals surface area contributed by atoms with Crippen molar-refractivity contribution in [3.05, 3.63) is 65.7 Å². The molecule has 4 N–H and O–H groups in total. The number of hydrogen-bond donors (Lipinski definition) is 2. The van der Waals surface area contributed by atoms with E-state index in [9.17, 15) is 13.2 Å². The number of nitrogens with zero attached hydrogens (tertiary/aromatic N) is 2. The molecule has 128 valence electrons. The molecular weight excluding hydrogens is 329 g/mol. The zero-order valence-electron chi connectivity index (χ0n) is 13.1. The molecule has 25 heavy (non-hydrogen) atoms. The van der Waals surface area contributed by atoms with Crippen LogP contribution in [-0.4, -0.2) is 9.97 Å². The van der Waals surface area contributed by atoms with E-state index in [1.54, 1.807) is 18.2 Å². The quantitative estimate of drug-likeness (QED) is 0.756. The highest BCUT2D eigenvalue weighted by atomic mass is 19.4. The molecule has 0 radical (unpaired) electrons. The second-order valence-corrected chi connectivity index (χ2v) is 5.41. The molecule has 3 rings (SSSR count). The van der Waals surface area contributed by atoms with Crippen molar-refractivity contribution in [3.8, 4) is 22.6 Å². The van der Waals surface area contributed by atoms with E-state index in [1.807, 2.05) is 18.2 Å². The van der Waals surface area contributed by atoms with Crippen LogP contribution in [0.2, 0.25) is 0 Å². The lowest BCUT2D eigenvalue weighted by molar-refractivity contribution is -0.137. The number of rotatable bonds is 3. The maximum Gasteiger partial charge on any atom is 0.416 e. The summed E-state index contributed by atoms with van der Waals surface area (Å²) in [5, 5.41) is 0. The summed E-state index contributed by atoms with van der Waals surface area (Å²) in [4.78, 5) is 8.67. The number of halogens is 3. The molecule has 0 saturated heterocycles. The van der Waals surface area contributed by atoms with Gasteiger partial charge in [-0.05, 0) is 12.1 Å². The van der Waals surface area contributed by atoms with Crippen molar-refractivity contribution in [1.82, 2.24) is 9.97 Å². The number of nitrogen functional groups attached to an aromatic ring is 1. The van der Waals surface area contributed by atoms with Crippen LogP contribution in [0.15, 0.2) is 54.6 Å². The molecule has 1 aromatic heterocycles. The van der Waals surface area contributed by atoms with Crippen LogP contribution in [0.4, 0.5) is 19.0 Å². The maximum atomic E-state index is 13.0. The minimum absolute atomic E-state index is 0.0203. The number of alkyl halides is 3. The van der Waals surface area contributed by atoms with Gasteiger partial charge in [0, 0.05) is 23.2 Å². The fourth-order valence-electron chi connectivity index (χ4n) is 2.50. The largest absolute Gasteiger partial charge is 0.416 e. The van der Waals surface area contributed by atoms with Crippen LogP contribution >= 0.6 is 0 Å². The Balaban J connectivity index is 2.20. The van der Waals surface area contributed by atoms with Gasteiger partial charge in [-0.15, -0.1) is 0 Å². The van der Waals surface area contributed by atoms with Crippen LogP contribution in [0, 0.1) is 0 Å². The van der Waals surface area contributed by atoms with Crippen molar-refractivity contribution in [2.75, 3.05) is 5.73 Å². The summed E-state index contributed by atoms with van der Waals surface area (Å²) >= 11 is 0. The van der Waals surface area contributed by atoms with Gasteiger partial charge in [0.1, 0.15) is 5.82 Å². The Labute approximate surface area is 142 Å². The number of aromatic nitrogens is 2. The number of benzene rings is 2. The van der Waals surface area contributed by atoms with Gasteiger partial charge in [0.2, 0.25) is 0 Å². The van der Waals surface area contributed by atoms with Gasteiger partial charge in [-0.3, -0.25) is 0 Å². The zero-order chi connectivity index (χ0) is 18.0. The molecule has 0 spiro atoms. The van der Waals surface area contributed by atoms with Crippen molar-refractivity contribution in [3.63, 3.8) is 0 Å². The van der Waals surface area contributed by atoms with Gasteiger partial charge in [0.05, 0.1) is 11.3 Å². The van der Waals surface area contributed by atoms with E-state index in [-0.39, 0.29) is 12.4 Å². The average Bonchev–Trinajstić information content (AvgIpc) is 2.61. The topological polar surface area (TPSA) is 77.8 Å². The first-order valence-corrected chi connectivity index (χ1v) is 7.49. The predicted molar refractivity (Wildman–Crippen MR) is 90.2 cm³/mol. The molecule has 0 atom stereocenters. The van der Waals surface area contributed by atoms with E-state index in [1.165, 1.54) is 6.07 Å². The summed E-state index contributed by atoms with van der Waals surface area (Å²) in [6.45, 7) is 0.0203. The van der Waals surface area contributed by atoms with Gasteiger partial charge in [-0.1, -0.05) is 42.5 Å². The van der Waals surface area contributed by atoms with Crippen molar-refractivity contribution in [1.29, 1.82) is 0 Å². The van der Waals surface area contributed by atoms with Gasteiger partial charge in [-0.2, -0.15) is 13.2 Å². The first-order valence-electron chi connectivity index (χ1n) is 7.49. The molecule has 0 saturated carbocycles. The average molecular weight is 344 g/mol. The van der Waals surface area contributed by atoms with Crippen molar-refractivity contribution >= 4 is 5.82 Å². The first kappa shape index (κ1) is 16.9. The van der Waals surface area contributed by atoms with Gasteiger partial charge in [0.15, 0.2) is 5.82 Å². The van der Waals surface area contributed by atoms with Gasteiger partial charge >= 0.3 is 6.18 Å². The van der Waals surface area contributed by atoms with E-state index in [0.717, 1.165) is 12.1 Å². The molecule has 3 aromatic rings. The van der Waals surface area contributed by atoms with E-state index in [2.05, 4.69) is 9.97 Å². The fraction of sp³-hybridized carbons (Fsp3) is 0.111. The molecule has 4 nitrogen and oxygen atoms in total. The number of hydrogen-bond acceptors (Lipinski definition) is 4. The van der Waals surface area contributed by atoms with Crippen LogP contribution in [0.25, 0.3) is 22.6 Å². The van der Waals surface area contributed by atoms with E-state index in [0.29, 0.717) is 28.2 Å². The van der Waals surface area contributed by atoms with Crippen LogP contribution in [0.5, 0.6) is 0 Å². The van der Waals surface area contributed by atoms with Gasteiger partial charge in [-0.25, -0.2) is 9.97 Å². The molecule has 1 heterocycles. The fourth-order valence-corrected chi connectivity index (χ4v) is 2.50. The molecule has 7 heteroatoms. The van der Waals surface area contributed by atoms with Gasteiger partial charge < -0.3 is 11.5 Å². The molecule has 0 aliphatic carbocycles. The van der Waals surface area contributed by atoms with Crippen LogP contribution < -0.4 is 11.5 Å². The summed E-state index contributed by atoms with van der Waals surface area (Å²) < 4.78 is 39.0. The lowest BCUT2D eigenvalue weighted by atomic mass is 10.0. The summed E-state index contributed by atoms with van der Waals surface area (Å²) in [7, 11) is 0. The van der Waals surface area contributed by atoms with Crippen molar-refractivity contribution in [2.24, 2.45) is 5.73 Å². The minimum Gasteiger partial charge on any atom is -0.383 e. The number of anilines is 1. The zero-order valence-corrected chi connectivity index (χ0v) is 13.1. The third kappa shape index (κ3) is 3.46. The molecule has 0 fully saturated rings. The van der Waals surface area contributed by atoms with E-state index < -0.39 is 11.7 Å². The predicted octanol–water partition coefficient (Wildman–Crippen LogP) is 3.87. The Kier molecular flexibility index (Phi) is 4.41. The molecule has 2 aromatic carbocycles. The van der Waals surface area contributed by atoms with Crippen LogP contribution in [0.3, 0.4) is 0 Å². The second kappa shape index (κ2) is 6.52. The molecule has 0 amide bonds. The summed E-state index contributed by atoms with van der Waals surface area (Å²) in [6.07, 6.45) is -4.44. The Morgan fingerprint density at radius 2 is 1.56 bits per heavy atom. The molecule has 0 bridgehead atoms. The number of nitrogens with two attached hydrogens (primary N) is 2. The third-order valence-corrected chi connectivity index (χ3v) is 3.74. The first-order chi connectivity index (χ1) is 11.9. The molecule has 0 aliphatic rings. The molecule has 0 aliphatic heterocycles. The van der Waals surface area contributed by atoms with E-state index in [4.69, 9.17) is 11.5 Å².